The van der Waals surface area contributed by atoms with Crippen LogP contribution in [0.25, 0.3) is 0 Å². The number of amides is 1. The van der Waals surface area contributed by atoms with Crippen molar-refractivity contribution in [2.75, 3.05) is 38.0 Å². The molecule has 0 heterocycles. The summed E-state index contributed by atoms with van der Waals surface area (Å²) in [5.41, 5.74) is 1.52. The van der Waals surface area contributed by atoms with Crippen LogP contribution in [0.2, 0.25) is 0 Å². The van der Waals surface area contributed by atoms with Gasteiger partial charge in [-0.05, 0) is 33.3 Å². The van der Waals surface area contributed by atoms with Gasteiger partial charge in [-0.1, -0.05) is 13.0 Å². The van der Waals surface area contributed by atoms with E-state index in [9.17, 15) is 13.2 Å². The summed E-state index contributed by atoms with van der Waals surface area (Å²) >= 11 is 0. The number of nitrogens with zero attached hydrogens (tertiary/aromatic N) is 2. The van der Waals surface area contributed by atoms with Crippen molar-refractivity contribution in [2.24, 2.45) is 0 Å². The molecule has 0 spiro atoms. The lowest BCUT2D eigenvalue weighted by molar-refractivity contribution is -0.138. The Morgan fingerprint density at radius 2 is 1.81 bits per heavy atom. The van der Waals surface area contributed by atoms with Crippen LogP contribution in [0.5, 0.6) is 5.75 Å². The van der Waals surface area contributed by atoms with Crippen LogP contribution in [0.4, 0.5) is 5.69 Å². The summed E-state index contributed by atoms with van der Waals surface area (Å²) in [5.74, 6) is 0.102. The fourth-order valence-electron chi connectivity index (χ4n) is 2.80. The molecular formula is C19H32N2O5S. The van der Waals surface area contributed by atoms with Crippen molar-refractivity contribution in [3.8, 4) is 5.75 Å². The number of rotatable bonds is 11. The van der Waals surface area contributed by atoms with Gasteiger partial charge in [0.25, 0.3) is 0 Å². The average Bonchev–Trinajstić information content (AvgIpc) is 2.60. The van der Waals surface area contributed by atoms with Crippen LogP contribution in [0.1, 0.15) is 39.7 Å². The summed E-state index contributed by atoms with van der Waals surface area (Å²) in [6.07, 6.45) is 1.79. The third-order valence-corrected chi connectivity index (χ3v) is 4.95. The Labute approximate surface area is 163 Å². The van der Waals surface area contributed by atoms with Crippen molar-refractivity contribution in [3.05, 3.63) is 23.8 Å². The molecule has 0 radical (unpaired) electrons. The van der Waals surface area contributed by atoms with Gasteiger partial charge in [0.05, 0.1) is 6.26 Å². The Morgan fingerprint density at radius 1 is 1.19 bits per heavy atom. The van der Waals surface area contributed by atoms with Crippen LogP contribution in [0.15, 0.2) is 18.2 Å². The molecule has 1 aromatic carbocycles. The van der Waals surface area contributed by atoms with Gasteiger partial charge in [0.2, 0.25) is 5.91 Å². The van der Waals surface area contributed by atoms with Gasteiger partial charge >= 0.3 is 10.1 Å². The van der Waals surface area contributed by atoms with Crippen molar-refractivity contribution in [2.45, 2.75) is 46.7 Å². The minimum absolute atomic E-state index is 0.0128. The second-order valence-corrected chi connectivity index (χ2v) is 8.04. The van der Waals surface area contributed by atoms with E-state index >= 15 is 0 Å². The first kappa shape index (κ1) is 23.2. The molecule has 0 aliphatic heterocycles. The van der Waals surface area contributed by atoms with Crippen LogP contribution in [0.3, 0.4) is 0 Å². The van der Waals surface area contributed by atoms with E-state index in [1.165, 1.54) is 7.11 Å². The van der Waals surface area contributed by atoms with Gasteiger partial charge in [-0.2, -0.15) is 8.42 Å². The molecule has 0 aromatic heterocycles. The quantitative estimate of drug-likeness (QED) is 0.532. The summed E-state index contributed by atoms with van der Waals surface area (Å²) in [6.45, 7) is 9.82. The molecule has 1 atom stereocenters. The summed E-state index contributed by atoms with van der Waals surface area (Å²) in [7, 11) is -2.22. The monoisotopic (exact) mass is 400 g/mol. The van der Waals surface area contributed by atoms with Gasteiger partial charge < -0.3 is 18.7 Å². The van der Waals surface area contributed by atoms with Gasteiger partial charge in [0.15, 0.2) is 0 Å². The molecule has 1 aromatic rings. The molecule has 7 nitrogen and oxygen atoms in total. The highest BCUT2D eigenvalue weighted by Gasteiger charge is 2.22. The lowest BCUT2D eigenvalue weighted by atomic mass is 10.1. The van der Waals surface area contributed by atoms with Gasteiger partial charge in [0.1, 0.15) is 12.4 Å². The Morgan fingerprint density at radius 3 is 2.30 bits per heavy atom. The minimum Gasteiger partial charge on any atom is -0.382 e. The predicted molar refractivity (Wildman–Crippen MR) is 108 cm³/mol. The number of hydrogen-bond donors (Lipinski definition) is 0. The molecule has 0 bridgehead atoms. The fraction of sp³-hybridized carbons (Fsp3) is 0.632. The number of benzene rings is 1. The number of anilines is 1. The van der Waals surface area contributed by atoms with E-state index in [4.69, 9.17) is 8.92 Å². The van der Waals surface area contributed by atoms with E-state index in [1.54, 1.807) is 11.0 Å². The summed E-state index contributed by atoms with van der Waals surface area (Å²) in [6, 6.07) is 5.46. The van der Waals surface area contributed by atoms with Gasteiger partial charge in [-0.15, -0.1) is 0 Å². The molecule has 0 saturated carbocycles. The molecule has 0 aliphatic carbocycles. The smallest absolute Gasteiger partial charge is 0.306 e. The molecule has 8 heteroatoms. The average molecular weight is 401 g/mol. The molecule has 0 saturated heterocycles. The first-order valence-corrected chi connectivity index (χ1v) is 11.0. The molecule has 1 amide bonds. The third-order valence-electron chi connectivity index (χ3n) is 4.47. The first-order chi connectivity index (χ1) is 12.7. The molecule has 1 rings (SSSR count). The predicted octanol–water partition coefficient (Wildman–Crippen LogP) is 2.64. The zero-order chi connectivity index (χ0) is 20.6. The molecule has 0 unspecified atom stereocenters. The summed E-state index contributed by atoms with van der Waals surface area (Å²) < 4.78 is 33.7. The molecular weight excluding hydrogens is 368 g/mol. The third kappa shape index (κ3) is 7.03. The Kier molecular flexibility index (Phi) is 9.05. The number of carbonyl (C=O) groups excluding carboxylic acids is 1. The highest BCUT2D eigenvalue weighted by molar-refractivity contribution is 7.86. The van der Waals surface area contributed by atoms with E-state index in [2.05, 4.69) is 4.90 Å². The SMILES string of the molecule is CC[C@H](C)N(Cc1ccc(N(CC)CC)cc1OS(C)(=O)=O)C(=O)COC. The van der Waals surface area contributed by atoms with Gasteiger partial charge in [0, 0.05) is 50.1 Å². The standard InChI is InChI=1S/C19H32N2O5S/c1-7-15(4)21(19(22)14-25-5)13-16-10-11-17(20(8-2)9-3)12-18(16)26-27(6,23)24/h10-12,15H,7-9,13-14H2,1-6H3/t15-/m0/s1. The molecule has 0 aliphatic rings. The van der Waals surface area contributed by atoms with Crippen molar-refractivity contribution >= 4 is 21.7 Å². The zero-order valence-electron chi connectivity index (χ0n) is 17.2. The van der Waals surface area contributed by atoms with Crippen molar-refractivity contribution < 1.29 is 22.1 Å². The second kappa shape index (κ2) is 10.5. The largest absolute Gasteiger partial charge is 0.382 e. The van der Waals surface area contributed by atoms with Crippen LogP contribution >= 0.6 is 0 Å². The number of hydrogen-bond acceptors (Lipinski definition) is 6. The van der Waals surface area contributed by atoms with E-state index in [-0.39, 0.29) is 30.9 Å². The number of carbonyl (C=O) groups is 1. The zero-order valence-corrected chi connectivity index (χ0v) is 18.0. The summed E-state index contributed by atoms with van der Waals surface area (Å²) in [5, 5.41) is 0. The van der Waals surface area contributed by atoms with E-state index in [0.717, 1.165) is 31.5 Å². The van der Waals surface area contributed by atoms with Crippen molar-refractivity contribution in [1.29, 1.82) is 0 Å². The van der Waals surface area contributed by atoms with Crippen molar-refractivity contribution in [3.63, 3.8) is 0 Å². The number of methoxy groups -OCH3 is 1. The second-order valence-electron chi connectivity index (χ2n) is 6.46. The lowest BCUT2D eigenvalue weighted by Gasteiger charge is -2.29. The van der Waals surface area contributed by atoms with Crippen LogP contribution in [0, 0.1) is 0 Å². The Bertz CT molecular complexity index is 717. The number of ether oxygens (including phenoxy) is 1. The topological polar surface area (TPSA) is 76.2 Å². The molecule has 27 heavy (non-hydrogen) atoms. The lowest BCUT2D eigenvalue weighted by Crippen LogP contribution is -2.40. The Balaban J connectivity index is 3.31. The van der Waals surface area contributed by atoms with Crippen LogP contribution in [-0.4, -0.2) is 58.3 Å². The van der Waals surface area contributed by atoms with E-state index < -0.39 is 10.1 Å². The minimum atomic E-state index is -3.69. The highest BCUT2D eigenvalue weighted by atomic mass is 32.2. The Hall–Kier alpha value is -1.80. The van der Waals surface area contributed by atoms with Crippen LogP contribution in [-0.2, 0) is 26.2 Å². The van der Waals surface area contributed by atoms with E-state index in [1.807, 2.05) is 39.8 Å². The van der Waals surface area contributed by atoms with Crippen LogP contribution < -0.4 is 9.08 Å². The highest BCUT2D eigenvalue weighted by Crippen LogP contribution is 2.29. The summed E-state index contributed by atoms with van der Waals surface area (Å²) in [4.78, 5) is 16.2. The van der Waals surface area contributed by atoms with E-state index in [0.29, 0.717) is 5.56 Å². The molecule has 154 valence electrons. The molecule has 0 fully saturated rings. The van der Waals surface area contributed by atoms with Gasteiger partial charge in [-0.25, -0.2) is 0 Å². The normalized spacial score (nSPS) is 12.5. The maximum atomic E-state index is 12.4. The van der Waals surface area contributed by atoms with Crippen molar-refractivity contribution in [1.82, 2.24) is 4.90 Å². The van der Waals surface area contributed by atoms with Gasteiger partial charge in [-0.3, -0.25) is 4.79 Å². The molecule has 0 N–H and O–H groups in total. The maximum absolute atomic E-state index is 12.4. The maximum Gasteiger partial charge on any atom is 0.306 e. The fourth-order valence-corrected chi connectivity index (χ4v) is 3.28. The first-order valence-electron chi connectivity index (χ1n) is 9.22.